The summed E-state index contributed by atoms with van der Waals surface area (Å²) in [5.74, 6) is 1.07. The molecule has 26 heteroatoms. The van der Waals surface area contributed by atoms with Gasteiger partial charge in [-0.15, -0.1) is 0 Å². The Bertz CT molecular complexity index is 4100. The van der Waals surface area contributed by atoms with Crippen LogP contribution in [-0.2, 0) is 38.0 Å². The highest BCUT2D eigenvalue weighted by atomic mass is 16.6. The largest absolute Gasteiger partial charge is 0.485 e. The fourth-order valence-corrected chi connectivity index (χ4v) is 13.0. The summed E-state index contributed by atoms with van der Waals surface area (Å²) < 4.78 is 57.0. The second-order valence-electron chi connectivity index (χ2n) is 29.9. The topological polar surface area (TPSA) is 299 Å². The number of benzene rings is 4. The molecule has 0 bridgehead atoms. The fourth-order valence-electron chi connectivity index (χ4n) is 13.0. The number of carbonyl (C=O) groups is 8. The zero-order valence-corrected chi connectivity index (χ0v) is 60.2. The van der Waals surface area contributed by atoms with E-state index in [2.05, 4.69) is 39.2 Å². The molecule has 0 aliphatic carbocycles. The highest BCUT2D eigenvalue weighted by molar-refractivity contribution is 6.03. The second-order valence-corrected chi connectivity index (χ2v) is 29.9. The van der Waals surface area contributed by atoms with Crippen molar-refractivity contribution in [3.63, 3.8) is 0 Å². The molecule has 102 heavy (non-hydrogen) atoms. The Hall–Kier alpha value is -10.1. The van der Waals surface area contributed by atoms with Crippen LogP contribution in [0.5, 0.6) is 23.0 Å². The van der Waals surface area contributed by atoms with Crippen LogP contribution >= 0.6 is 0 Å². The van der Waals surface area contributed by atoms with Crippen molar-refractivity contribution in [1.29, 1.82) is 0 Å². The van der Waals surface area contributed by atoms with Gasteiger partial charge in [0, 0.05) is 48.4 Å². The minimum absolute atomic E-state index is 0.145. The van der Waals surface area contributed by atoms with E-state index in [1.165, 1.54) is 9.80 Å². The Morgan fingerprint density at radius 1 is 0.412 bits per heavy atom. The summed E-state index contributed by atoms with van der Waals surface area (Å²) in [5.41, 5.74) is 4.60. The molecule has 0 saturated carbocycles. The van der Waals surface area contributed by atoms with Crippen LogP contribution in [0.1, 0.15) is 179 Å². The number of amides is 4. The molecule has 2 aromatic heterocycles. The number of rotatable bonds is 14. The van der Waals surface area contributed by atoms with Crippen LogP contribution in [0, 0.1) is 0 Å². The number of esters is 2. The van der Waals surface area contributed by atoms with Crippen LogP contribution in [0.4, 0.5) is 19.2 Å². The van der Waals surface area contributed by atoms with Gasteiger partial charge in [0.15, 0.2) is 42.0 Å². The van der Waals surface area contributed by atoms with E-state index in [1.54, 1.807) is 93.9 Å². The first-order chi connectivity index (χ1) is 48.4. The van der Waals surface area contributed by atoms with Crippen LogP contribution in [0.3, 0.4) is 0 Å². The number of H-pyrrole nitrogens is 2. The van der Waals surface area contributed by atoms with E-state index in [9.17, 15) is 38.4 Å². The third kappa shape index (κ3) is 17.4. The first kappa shape index (κ1) is 73.1. The number of nitrogens with zero attached hydrogens (tertiary/aromatic N) is 6. The van der Waals surface area contributed by atoms with Crippen molar-refractivity contribution in [2.45, 2.75) is 181 Å². The number of fused-ring (bicyclic) bond motifs is 2. The monoisotopic (exact) mass is 1400 g/mol. The lowest BCUT2D eigenvalue weighted by atomic mass is 9.98. The summed E-state index contributed by atoms with van der Waals surface area (Å²) in [4.78, 5) is 125. The molecule has 26 nitrogen and oxygen atoms in total. The molecular formula is C76H92N8O18. The number of ketones is 2. The van der Waals surface area contributed by atoms with Gasteiger partial charge in [-0.1, -0.05) is 48.5 Å². The smallest absolute Gasteiger partial charge is 0.411 e. The third-order valence-corrected chi connectivity index (χ3v) is 17.6. The summed E-state index contributed by atoms with van der Waals surface area (Å²) in [6.07, 6.45) is 7.23. The van der Waals surface area contributed by atoms with E-state index in [0.717, 1.165) is 71.0 Å². The minimum atomic E-state index is -0.845. The van der Waals surface area contributed by atoms with E-state index in [-0.39, 0.29) is 48.8 Å². The molecule has 6 aliphatic heterocycles. The van der Waals surface area contributed by atoms with Crippen molar-refractivity contribution < 1.29 is 85.7 Å². The average Bonchev–Trinajstić information content (AvgIpc) is 1.42. The van der Waals surface area contributed by atoms with Crippen LogP contribution in [0.25, 0.3) is 44.8 Å². The Balaban J connectivity index is 0.000000205. The molecule has 2 N–H and O–H groups in total. The van der Waals surface area contributed by atoms with Gasteiger partial charge in [0.25, 0.3) is 0 Å². The molecule has 0 radical (unpaired) electrons. The number of imidazole rings is 2. The lowest BCUT2D eigenvalue weighted by Crippen LogP contribution is -2.44. The summed E-state index contributed by atoms with van der Waals surface area (Å²) in [6.45, 7) is 24.0. The van der Waals surface area contributed by atoms with E-state index in [1.807, 2.05) is 59.9 Å². The van der Waals surface area contributed by atoms with E-state index >= 15 is 0 Å². The Labute approximate surface area is 593 Å². The van der Waals surface area contributed by atoms with Gasteiger partial charge in [0.2, 0.25) is 5.78 Å². The average molecular weight is 1410 g/mol. The molecule has 12 rings (SSSR count). The molecule has 4 amide bonds. The van der Waals surface area contributed by atoms with Gasteiger partial charge in [-0.2, -0.15) is 0 Å². The Kier molecular flexibility index (Phi) is 21.6. The fraction of sp³-hybridized carbons (Fsp3) is 0.500. The van der Waals surface area contributed by atoms with Crippen LogP contribution in [0.2, 0.25) is 0 Å². The first-order valence-electron chi connectivity index (χ1n) is 34.9. The van der Waals surface area contributed by atoms with Gasteiger partial charge in [0.05, 0.1) is 41.4 Å². The minimum Gasteiger partial charge on any atom is -0.485 e. The number of Topliss-reactive ketones (excluding diaryl/α,β-unsaturated/α-hetero) is 2. The quantitative estimate of drug-likeness (QED) is 0.0581. The molecule has 4 atom stereocenters. The summed E-state index contributed by atoms with van der Waals surface area (Å²) >= 11 is 0. The SMILES string of the molecule is CC(C)(C)OC(=O)N1CCC[C@H]1C(=O)OCC(=O)c1ccc(-c2ccc(C(=O)COC(=O)[C@@H]3CCCN3C(=O)OC(C)(C)C)c3c2OCCO3)cc1.CC(C)(C)OC(=O)N1CCC[C@H]1c1ncc(-c2ccc(-c3ccc(-c4cnc([C@@H]5CCCN5C(=O)OC(C)(C)C)[nH]4)c4c3OCCO4)cc2)[nH]1. The lowest BCUT2D eigenvalue weighted by molar-refractivity contribution is -0.148. The van der Waals surface area contributed by atoms with Gasteiger partial charge < -0.3 is 57.3 Å². The van der Waals surface area contributed by atoms with Gasteiger partial charge in [-0.05, 0) is 175 Å². The maximum absolute atomic E-state index is 13.3. The number of likely N-dealkylation sites (tertiary alicyclic amines) is 4. The summed E-state index contributed by atoms with van der Waals surface area (Å²) in [7, 11) is 0. The van der Waals surface area contributed by atoms with E-state index in [4.69, 9.17) is 52.4 Å². The molecule has 4 aromatic carbocycles. The number of hydrogen-bond acceptors (Lipinski definition) is 20. The summed E-state index contributed by atoms with van der Waals surface area (Å²) in [5, 5.41) is 0. The lowest BCUT2D eigenvalue weighted by Gasteiger charge is -2.27. The number of hydrogen-bond donors (Lipinski definition) is 2. The predicted molar refractivity (Wildman–Crippen MR) is 373 cm³/mol. The van der Waals surface area contributed by atoms with Gasteiger partial charge in [-0.25, -0.2) is 38.7 Å². The normalized spacial score (nSPS) is 18.8. The third-order valence-electron chi connectivity index (χ3n) is 17.6. The molecule has 6 aromatic rings. The van der Waals surface area contributed by atoms with Crippen LogP contribution < -0.4 is 18.9 Å². The van der Waals surface area contributed by atoms with E-state index in [0.29, 0.717) is 99.0 Å². The Morgan fingerprint density at radius 3 is 1.24 bits per heavy atom. The van der Waals surface area contributed by atoms with Crippen molar-refractivity contribution in [3.05, 3.63) is 108 Å². The molecule has 4 saturated heterocycles. The molecule has 544 valence electrons. The first-order valence-corrected chi connectivity index (χ1v) is 34.9. The van der Waals surface area contributed by atoms with Gasteiger partial charge in [0.1, 0.15) is 72.6 Å². The molecule has 4 fully saturated rings. The van der Waals surface area contributed by atoms with E-state index < -0.39 is 83.4 Å². The molecule has 8 heterocycles. The maximum atomic E-state index is 13.3. The number of ether oxygens (including phenoxy) is 10. The van der Waals surface area contributed by atoms with Gasteiger partial charge in [-0.3, -0.25) is 29.2 Å². The van der Waals surface area contributed by atoms with Gasteiger partial charge >= 0.3 is 36.3 Å². The second kappa shape index (κ2) is 30.2. The number of aromatic amines is 2. The molecule has 0 unspecified atom stereocenters. The molecule has 0 spiro atoms. The number of aromatic nitrogens is 4. The van der Waals surface area contributed by atoms with Crippen molar-refractivity contribution in [2.24, 2.45) is 0 Å². The van der Waals surface area contributed by atoms with Crippen molar-refractivity contribution in [3.8, 4) is 67.8 Å². The molecular weight excluding hydrogens is 1310 g/mol. The van der Waals surface area contributed by atoms with Crippen LogP contribution in [-0.4, -0.2) is 188 Å². The van der Waals surface area contributed by atoms with Crippen LogP contribution in [0.15, 0.2) is 85.2 Å². The highest BCUT2D eigenvalue weighted by Gasteiger charge is 2.42. The maximum Gasteiger partial charge on any atom is 0.411 e. The number of nitrogens with one attached hydrogen (secondary N) is 2. The predicted octanol–water partition coefficient (Wildman–Crippen LogP) is 13.4. The van der Waals surface area contributed by atoms with Crippen molar-refractivity contribution in [2.75, 3.05) is 65.8 Å². The summed E-state index contributed by atoms with van der Waals surface area (Å²) in [6, 6.07) is 20.1. The van der Waals surface area contributed by atoms with Crippen molar-refractivity contribution in [1.82, 2.24) is 39.5 Å². The van der Waals surface area contributed by atoms with Crippen molar-refractivity contribution >= 4 is 47.9 Å². The highest BCUT2D eigenvalue weighted by Crippen LogP contribution is 2.48. The zero-order chi connectivity index (χ0) is 73.0. The molecule has 6 aliphatic rings. The zero-order valence-electron chi connectivity index (χ0n) is 60.2. The standard InChI is InChI=1S/C38H46N6O6.C38H46N2O12/c1-37(2,3)49-35(45)43-17-7-9-29(43)33-39-21-27(41-33)24-13-11-23(12-14-24)25-15-16-26(32-31(25)47-19-20-48-32)28-22-40-34(42-28)30-10-8-18-44(30)36(46)50-38(4,5)6;1-37(2,3)51-35(45)39-17-7-9-27(39)33(43)49-21-29(41)24-13-11-23(12-14-24)25-15-16-26(32-31(25)47-19-20-48-32)30(42)22-50-34(44)28-10-8-18-40(28)36(46)52-38(4,5)6/h11-16,21-22,29-30H,7-10,17-20H2,1-6H3,(H,39,41)(H,40,42);11-16,27-28H,7-10,17-22H2,1-6H3/t29-,30-;27-,28-/m00/s1. The Morgan fingerprint density at radius 2 is 0.765 bits per heavy atom. The number of carbonyl (C=O) groups excluding carboxylic acids is 8.